The van der Waals surface area contributed by atoms with Gasteiger partial charge in [0.2, 0.25) is 0 Å². The van der Waals surface area contributed by atoms with E-state index in [1.165, 1.54) is 0 Å². The molecule has 0 aromatic carbocycles. The lowest BCUT2D eigenvalue weighted by Crippen LogP contribution is -2.83. The Bertz CT molecular complexity index is 556. The summed E-state index contributed by atoms with van der Waals surface area (Å²) in [6.07, 6.45) is 0. The van der Waals surface area contributed by atoms with Gasteiger partial charge < -0.3 is 4.79 Å². The van der Waals surface area contributed by atoms with Crippen LogP contribution in [0.5, 0.6) is 0 Å². The molecule has 0 aromatic rings. The van der Waals surface area contributed by atoms with Crippen LogP contribution in [-0.2, 0) is 0 Å². The summed E-state index contributed by atoms with van der Waals surface area (Å²) >= 11 is 4.53. The van der Waals surface area contributed by atoms with Crippen LogP contribution in [0.25, 0.3) is 0 Å². The van der Waals surface area contributed by atoms with Crippen LogP contribution in [0.15, 0.2) is 0 Å². The van der Waals surface area contributed by atoms with Gasteiger partial charge in [-0.05, 0) is 20.2 Å². The Morgan fingerprint density at radius 1 is 0.536 bits per heavy atom. The third-order valence-corrected chi connectivity index (χ3v) is 79.3. The van der Waals surface area contributed by atoms with Crippen LogP contribution in [0.3, 0.4) is 0 Å². The molecule has 0 aliphatic rings. The maximum absolute atomic E-state index is 15.1. The SMILES string of the molecule is CC(C)(C)[Si](C)(C(=O)[Si](Br)([Si](C)(C)C(C)(C)C)[Si](C)(C)C(C)(C)C)C(C)(C)C. The fourth-order valence-electron chi connectivity index (χ4n) is 4.53. The molecule has 168 valence electrons. The summed E-state index contributed by atoms with van der Waals surface area (Å²) in [6.45, 7) is 41.0. The summed E-state index contributed by atoms with van der Waals surface area (Å²) in [4.78, 5) is 15.1. The quantitative estimate of drug-likeness (QED) is 0.265. The summed E-state index contributed by atoms with van der Waals surface area (Å²) in [7, 11) is -6.19. The van der Waals surface area contributed by atoms with E-state index in [2.05, 4.69) is 131 Å². The molecule has 0 atom stereocenters. The molecule has 0 rings (SSSR count). The van der Waals surface area contributed by atoms with Crippen LogP contribution in [0, 0.1) is 0 Å². The first kappa shape index (κ1) is 29.0. The molecular formula is C22H51BrOSi4. The zero-order chi connectivity index (χ0) is 23.6. The number of hydrogen-bond donors (Lipinski definition) is 0. The van der Waals surface area contributed by atoms with Gasteiger partial charge in [-0.1, -0.05) is 116 Å². The summed E-state index contributed by atoms with van der Waals surface area (Å²) < 4.78 is 0. The highest BCUT2D eigenvalue weighted by Crippen LogP contribution is 2.60. The summed E-state index contributed by atoms with van der Waals surface area (Å²) in [5.41, 5.74) is -2.42. The van der Waals surface area contributed by atoms with E-state index in [1.54, 1.807) is 0 Å². The topological polar surface area (TPSA) is 17.1 Å². The van der Waals surface area contributed by atoms with Crippen molar-refractivity contribution < 1.29 is 4.79 Å². The van der Waals surface area contributed by atoms with E-state index in [-0.39, 0.29) is 20.2 Å². The third kappa shape index (κ3) is 4.07. The molecule has 0 N–H and O–H groups in total. The van der Waals surface area contributed by atoms with Gasteiger partial charge in [-0.25, -0.2) is 0 Å². The Kier molecular flexibility index (Phi) is 7.83. The molecule has 0 saturated carbocycles. The van der Waals surface area contributed by atoms with Crippen molar-refractivity contribution in [2.24, 2.45) is 0 Å². The van der Waals surface area contributed by atoms with Gasteiger partial charge in [0, 0.05) is 0 Å². The Hall–Kier alpha value is 1.02. The molecule has 0 unspecified atom stereocenters. The lowest BCUT2D eigenvalue weighted by molar-refractivity contribution is 0.271. The number of rotatable bonds is 4. The van der Waals surface area contributed by atoms with E-state index >= 15 is 4.79 Å². The van der Waals surface area contributed by atoms with E-state index in [0.717, 1.165) is 5.03 Å². The maximum atomic E-state index is 15.1. The third-order valence-electron chi connectivity index (χ3n) is 9.24. The smallest absolute Gasteiger partial charge is 0.181 e. The number of carbonyl (C=O) groups excluding carboxylic acids is 1. The molecule has 0 heterocycles. The maximum Gasteiger partial charge on any atom is 0.181 e. The van der Waals surface area contributed by atoms with Crippen molar-refractivity contribution in [2.75, 3.05) is 0 Å². The minimum absolute atomic E-state index is 0.0408. The zero-order valence-corrected chi connectivity index (χ0v) is 27.9. The number of halogens is 1. The van der Waals surface area contributed by atoms with Gasteiger partial charge in [-0.15, -0.1) is 15.3 Å². The molecule has 1 nitrogen and oxygen atoms in total. The van der Waals surface area contributed by atoms with Crippen molar-refractivity contribution in [3.05, 3.63) is 0 Å². The fraction of sp³-hybridized carbons (Fsp3) is 0.955. The number of hydrogen-bond acceptors (Lipinski definition) is 1. The molecule has 0 aliphatic carbocycles. The molecule has 0 amide bonds. The van der Waals surface area contributed by atoms with Crippen molar-refractivity contribution in [3.63, 3.8) is 0 Å². The molecule has 0 spiro atoms. The Morgan fingerprint density at radius 3 is 0.893 bits per heavy atom. The molecule has 28 heavy (non-hydrogen) atoms. The van der Waals surface area contributed by atoms with Gasteiger partial charge in [0.25, 0.3) is 0 Å². The predicted octanol–water partition coefficient (Wildman–Crippen LogP) is 9.46. The molecule has 0 radical (unpaired) electrons. The van der Waals surface area contributed by atoms with Crippen LogP contribution in [-0.4, -0.2) is 34.0 Å². The molecule has 0 saturated heterocycles. The zero-order valence-electron chi connectivity index (χ0n) is 22.3. The van der Waals surface area contributed by atoms with E-state index in [0.29, 0.717) is 0 Å². The molecular weight excluding hydrogens is 472 g/mol. The van der Waals surface area contributed by atoms with Gasteiger partial charge in [0.15, 0.2) is 5.73 Å². The molecule has 0 fully saturated rings. The van der Waals surface area contributed by atoms with Crippen LogP contribution < -0.4 is 0 Å². The van der Waals surface area contributed by atoms with Crippen LogP contribution >= 0.6 is 15.3 Å². The van der Waals surface area contributed by atoms with Gasteiger partial charge >= 0.3 is 0 Å². The fourth-order valence-corrected chi connectivity index (χ4v) is 77.4. The Morgan fingerprint density at radius 2 is 0.750 bits per heavy atom. The van der Waals surface area contributed by atoms with E-state index < -0.39 is 29.0 Å². The van der Waals surface area contributed by atoms with E-state index in [1.807, 2.05) is 0 Å². The van der Waals surface area contributed by atoms with Crippen LogP contribution in [0.2, 0.25) is 52.9 Å². The Labute approximate surface area is 189 Å². The minimum atomic E-state index is -2.42. The highest BCUT2D eigenvalue weighted by Gasteiger charge is 2.73. The van der Waals surface area contributed by atoms with Gasteiger partial charge in [-0.3, -0.25) is 0 Å². The first-order valence-electron chi connectivity index (χ1n) is 10.9. The second-order valence-electron chi connectivity index (χ2n) is 14.4. The second-order valence-corrected chi connectivity index (χ2v) is 53.3. The predicted molar refractivity (Wildman–Crippen MR) is 146 cm³/mol. The highest BCUT2D eigenvalue weighted by molar-refractivity contribution is 9.31. The van der Waals surface area contributed by atoms with Crippen molar-refractivity contribution in [1.29, 1.82) is 0 Å². The monoisotopic (exact) mass is 522 g/mol. The average molecular weight is 524 g/mol. The molecule has 0 aliphatic heterocycles. The van der Waals surface area contributed by atoms with Crippen molar-refractivity contribution in [1.82, 2.24) is 0 Å². The van der Waals surface area contributed by atoms with E-state index in [4.69, 9.17) is 0 Å². The highest BCUT2D eigenvalue weighted by atomic mass is 79.9. The summed E-state index contributed by atoms with van der Waals surface area (Å²) in [6, 6.07) is 0. The summed E-state index contributed by atoms with van der Waals surface area (Å²) in [5.74, 6) is 0. The van der Waals surface area contributed by atoms with Crippen LogP contribution in [0.1, 0.15) is 83.1 Å². The average Bonchev–Trinajstić information content (AvgIpc) is 2.39. The van der Waals surface area contributed by atoms with Crippen molar-refractivity contribution in [3.8, 4) is 0 Å². The first-order valence-corrected chi connectivity index (χ1v) is 25.7. The van der Waals surface area contributed by atoms with Crippen molar-refractivity contribution >= 4 is 49.3 Å². The van der Waals surface area contributed by atoms with Crippen molar-refractivity contribution in [2.45, 2.75) is 136 Å². The minimum Gasteiger partial charge on any atom is -0.310 e. The lowest BCUT2D eigenvalue weighted by atomic mass is 10.2. The standard InChI is InChI=1S/C22H51BrOSi4/c1-19(2,3)25(13,14)28(23,26(15,16)20(4,5)6)18(24)27(17,21(7,8)9)22(10,11)12/h1-17H3. The van der Waals surface area contributed by atoms with Gasteiger partial charge in [0.1, 0.15) is 13.1 Å². The first-order chi connectivity index (χ1) is 11.7. The second kappa shape index (κ2) is 7.56. The van der Waals surface area contributed by atoms with Crippen LogP contribution in [0.4, 0.5) is 4.79 Å². The largest absolute Gasteiger partial charge is 0.310 e. The number of carbonyl (C=O) groups is 1. The summed E-state index contributed by atoms with van der Waals surface area (Å²) in [5, 5.41) is 1.20. The van der Waals surface area contributed by atoms with Gasteiger partial charge in [0.05, 0.1) is 15.2 Å². The molecule has 6 heteroatoms. The molecule has 0 aromatic heterocycles. The molecule has 0 bridgehead atoms. The van der Waals surface area contributed by atoms with Gasteiger partial charge in [-0.2, -0.15) is 0 Å². The Balaban J connectivity index is 7.44. The van der Waals surface area contributed by atoms with E-state index in [9.17, 15) is 0 Å². The lowest BCUT2D eigenvalue weighted by Gasteiger charge is -2.61. The normalized spacial score (nSPS) is 16.4.